The minimum Gasteiger partial charge on any atom is -0.303 e. The second kappa shape index (κ2) is 3.14. The van der Waals surface area contributed by atoms with E-state index in [1.165, 1.54) is 4.68 Å². The predicted octanol–water partition coefficient (Wildman–Crippen LogP) is 1.08. The lowest BCUT2D eigenvalue weighted by molar-refractivity contribution is 0.740. The van der Waals surface area contributed by atoms with Gasteiger partial charge in [0.2, 0.25) is 0 Å². The monoisotopic (exact) mass is 189 g/mol. The average molecular weight is 189 g/mol. The molecule has 0 aliphatic heterocycles. The molecule has 1 N–H and O–H groups in total. The third kappa shape index (κ3) is 1.35. The first-order chi connectivity index (χ1) is 6.68. The summed E-state index contributed by atoms with van der Waals surface area (Å²) >= 11 is 0. The van der Waals surface area contributed by atoms with E-state index in [9.17, 15) is 4.79 Å². The van der Waals surface area contributed by atoms with E-state index >= 15 is 0 Å². The molecule has 14 heavy (non-hydrogen) atoms. The van der Waals surface area contributed by atoms with Crippen LogP contribution in [0.15, 0.2) is 29.5 Å². The number of aromatic nitrogens is 3. The number of aromatic amines is 1. The second-order valence-corrected chi connectivity index (χ2v) is 3.30. The Hall–Kier alpha value is -1.84. The Balaban J connectivity index is 2.60. The fraction of sp³-hybridized carbons (Fsp3) is 0.200. The highest BCUT2D eigenvalue weighted by Crippen LogP contribution is 2.13. The van der Waals surface area contributed by atoms with Crippen LogP contribution in [0.1, 0.15) is 5.56 Å². The molecule has 0 saturated heterocycles. The van der Waals surface area contributed by atoms with Gasteiger partial charge in [-0.1, -0.05) is 0 Å². The second-order valence-electron chi connectivity index (χ2n) is 3.30. The van der Waals surface area contributed by atoms with Crippen LogP contribution in [0.3, 0.4) is 0 Å². The zero-order valence-corrected chi connectivity index (χ0v) is 8.11. The SMILES string of the molecule is Cc1cncc(-c2c[nH]n(C)c2=O)c1. The molecule has 2 rings (SSSR count). The lowest BCUT2D eigenvalue weighted by Crippen LogP contribution is -2.13. The van der Waals surface area contributed by atoms with Crippen molar-refractivity contribution in [3.63, 3.8) is 0 Å². The topological polar surface area (TPSA) is 50.7 Å². The van der Waals surface area contributed by atoms with Crippen molar-refractivity contribution in [1.82, 2.24) is 14.8 Å². The zero-order valence-electron chi connectivity index (χ0n) is 8.11. The number of H-pyrrole nitrogens is 1. The first-order valence-electron chi connectivity index (χ1n) is 4.35. The molecule has 0 aliphatic carbocycles. The Morgan fingerprint density at radius 2 is 2.21 bits per heavy atom. The summed E-state index contributed by atoms with van der Waals surface area (Å²) in [5.74, 6) is 0. The average Bonchev–Trinajstić information content (AvgIpc) is 2.48. The maximum atomic E-state index is 11.6. The van der Waals surface area contributed by atoms with E-state index in [1.54, 1.807) is 25.6 Å². The normalized spacial score (nSPS) is 10.4. The Labute approximate surface area is 81.2 Å². The molecule has 0 aromatic carbocycles. The van der Waals surface area contributed by atoms with Crippen molar-refractivity contribution >= 4 is 0 Å². The highest BCUT2D eigenvalue weighted by atomic mass is 16.1. The van der Waals surface area contributed by atoms with E-state index in [1.807, 2.05) is 13.0 Å². The van der Waals surface area contributed by atoms with Crippen molar-refractivity contribution in [3.8, 4) is 11.1 Å². The number of nitrogens with zero attached hydrogens (tertiary/aromatic N) is 2. The van der Waals surface area contributed by atoms with Gasteiger partial charge < -0.3 is 5.10 Å². The number of nitrogens with one attached hydrogen (secondary N) is 1. The number of aryl methyl sites for hydroxylation is 2. The summed E-state index contributed by atoms with van der Waals surface area (Å²) in [6.45, 7) is 1.95. The molecule has 2 aromatic rings. The van der Waals surface area contributed by atoms with Gasteiger partial charge in [-0.05, 0) is 18.6 Å². The standard InChI is InChI=1S/C10H11N3O/c1-7-3-8(5-11-4-7)9-6-12-13(2)10(9)14/h3-6,12H,1-2H3. The summed E-state index contributed by atoms with van der Waals surface area (Å²) in [6.07, 6.45) is 5.15. The van der Waals surface area contributed by atoms with Gasteiger partial charge in [-0.15, -0.1) is 0 Å². The van der Waals surface area contributed by atoms with Crippen LogP contribution in [0, 0.1) is 6.92 Å². The molecule has 0 spiro atoms. The van der Waals surface area contributed by atoms with E-state index in [0.29, 0.717) is 5.56 Å². The number of pyridine rings is 1. The molecule has 2 aromatic heterocycles. The fourth-order valence-electron chi connectivity index (χ4n) is 1.37. The van der Waals surface area contributed by atoms with E-state index in [-0.39, 0.29) is 5.56 Å². The highest BCUT2D eigenvalue weighted by Gasteiger charge is 2.05. The van der Waals surface area contributed by atoms with E-state index in [4.69, 9.17) is 0 Å². The van der Waals surface area contributed by atoms with Crippen molar-refractivity contribution in [3.05, 3.63) is 40.6 Å². The summed E-state index contributed by atoms with van der Waals surface area (Å²) in [7, 11) is 1.69. The van der Waals surface area contributed by atoms with Crippen LogP contribution in [0.4, 0.5) is 0 Å². The molecular weight excluding hydrogens is 178 g/mol. The molecule has 4 nitrogen and oxygen atoms in total. The van der Waals surface area contributed by atoms with Gasteiger partial charge in [-0.3, -0.25) is 14.5 Å². The highest BCUT2D eigenvalue weighted by molar-refractivity contribution is 5.60. The third-order valence-corrected chi connectivity index (χ3v) is 2.12. The fourth-order valence-corrected chi connectivity index (χ4v) is 1.37. The van der Waals surface area contributed by atoms with Crippen molar-refractivity contribution < 1.29 is 0 Å². The van der Waals surface area contributed by atoms with Crippen LogP contribution in [0.5, 0.6) is 0 Å². The van der Waals surface area contributed by atoms with Gasteiger partial charge in [0, 0.05) is 31.2 Å². The van der Waals surface area contributed by atoms with Gasteiger partial charge in [0.15, 0.2) is 0 Å². The maximum absolute atomic E-state index is 11.6. The minimum atomic E-state index is -0.0302. The van der Waals surface area contributed by atoms with Crippen molar-refractivity contribution in [2.45, 2.75) is 6.92 Å². The Kier molecular flexibility index (Phi) is 1.96. The molecule has 0 unspecified atom stereocenters. The van der Waals surface area contributed by atoms with Gasteiger partial charge in [-0.25, -0.2) is 0 Å². The lowest BCUT2D eigenvalue weighted by atomic mass is 10.1. The van der Waals surface area contributed by atoms with E-state index in [0.717, 1.165) is 11.1 Å². The van der Waals surface area contributed by atoms with Crippen LogP contribution in [0.25, 0.3) is 11.1 Å². The van der Waals surface area contributed by atoms with Crippen LogP contribution >= 0.6 is 0 Å². The van der Waals surface area contributed by atoms with Crippen LogP contribution in [-0.4, -0.2) is 14.8 Å². The van der Waals surface area contributed by atoms with E-state index < -0.39 is 0 Å². The molecule has 4 heteroatoms. The van der Waals surface area contributed by atoms with Gasteiger partial charge in [0.25, 0.3) is 5.56 Å². The van der Waals surface area contributed by atoms with Gasteiger partial charge in [0.1, 0.15) is 0 Å². The Bertz CT molecular complexity index is 510. The first-order valence-corrected chi connectivity index (χ1v) is 4.35. The lowest BCUT2D eigenvalue weighted by Gasteiger charge is -1.96. The number of rotatable bonds is 1. The quantitative estimate of drug-likeness (QED) is 0.729. The van der Waals surface area contributed by atoms with Crippen molar-refractivity contribution in [1.29, 1.82) is 0 Å². The van der Waals surface area contributed by atoms with E-state index in [2.05, 4.69) is 10.1 Å². The van der Waals surface area contributed by atoms with Gasteiger partial charge >= 0.3 is 0 Å². The van der Waals surface area contributed by atoms with Crippen molar-refractivity contribution in [2.75, 3.05) is 0 Å². The summed E-state index contributed by atoms with van der Waals surface area (Å²) < 4.78 is 1.44. The third-order valence-electron chi connectivity index (χ3n) is 2.12. The van der Waals surface area contributed by atoms with Crippen LogP contribution in [-0.2, 0) is 7.05 Å². The first kappa shape index (κ1) is 8.74. The zero-order chi connectivity index (χ0) is 10.1. The summed E-state index contributed by atoms with van der Waals surface area (Å²) in [6, 6.07) is 1.94. The molecule has 0 amide bonds. The summed E-state index contributed by atoms with van der Waals surface area (Å²) in [5.41, 5.74) is 2.53. The molecule has 0 aliphatic rings. The smallest absolute Gasteiger partial charge is 0.274 e. The summed E-state index contributed by atoms with van der Waals surface area (Å²) in [5, 5.41) is 2.83. The van der Waals surface area contributed by atoms with Gasteiger partial charge in [-0.2, -0.15) is 0 Å². The molecule has 0 atom stereocenters. The Morgan fingerprint density at radius 3 is 2.79 bits per heavy atom. The van der Waals surface area contributed by atoms with Crippen LogP contribution in [0.2, 0.25) is 0 Å². The molecule has 72 valence electrons. The van der Waals surface area contributed by atoms with Crippen LogP contribution < -0.4 is 5.56 Å². The molecule has 2 heterocycles. The molecule has 0 saturated carbocycles. The molecule has 0 radical (unpaired) electrons. The van der Waals surface area contributed by atoms with Gasteiger partial charge in [0.05, 0.1) is 5.56 Å². The predicted molar refractivity (Wildman–Crippen MR) is 54.0 cm³/mol. The van der Waals surface area contributed by atoms with Crippen molar-refractivity contribution in [2.24, 2.45) is 7.05 Å². The molecule has 0 fully saturated rings. The summed E-state index contributed by atoms with van der Waals surface area (Å²) in [4.78, 5) is 15.6. The maximum Gasteiger partial charge on any atom is 0.274 e. The minimum absolute atomic E-state index is 0.0302. The number of hydrogen-bond donors (Lipinski definition) is 1. The molecule has 0 bridgehead atoms. The number of hydrogen-bond acceptors (Lipinski definition) is 2. The Morgan fingerprint density at radius 1 is 1.43 bits per heavy atom. The largest absolute Gasteiger partial charge is 0.303 e. The molecular formula is C10H11N3O.